The van der Waals surface area contributed by atoms with E-state index in [1.807, 2.05) is 19.1 Å². The quantitative estimate of drug-likeness (QED) is 0.784. The van der Waals surface area contributed by atoms with Crippen LogP contribution in [0.5, 0.6) is 5.75 Å². The van der Waals surface area contributed by atoms with Crippen LogP contribution in [0.2, 0.25) is 0 Å². The molecule has 0 radical (unpaired) electrons. The Bertz CT molecular complexity index is 452. The first-order valence-corrected chi connectivity index (χ1v) is 7.32. The van der Waals surface area contributed by atoms with Gasteiger partial charge in [-0.2, -0.15) is 8.78 Å². The average molecular weight is 299 g/mol. The van der Waals surface area contributed by atoms with E-state index in [2.05, 4.69) is 44.7 Å². The smallest absolute Gasteiger partial charge is 0.387 e. The second kappa shape index (κ2) is 6.73. The predicted octanol–water partition coefficient (Wildman–Crippen LogP) is 5.15. The van der Waals surface area contributed by atoms with Crippen LogP contribution in [0.4, 0.5) is 8.78 Å². The van der Waals surface area contributed by atoms with Crippen molar-refractivity contribution in [3.05, 3.63) is 29.8 Å². The fourth-order valence-corrected chi connectivity index (χ4v) is 3.08. The third-order valence-electron chi connectivity index (χ3n) is 3.18. The van der Waals surface area contributed by atoms with Gasteiger partial charge in [-0.05, 0) is 38.7 Å². The van der Waals surface area contributed by atoms with Gasteiger partial charge < -0.3 is 10.1 Å². The van der Waals surface area contributed by atoms with Crippen molar-refractivity contribution >= 4 is 0 Å². The number of ether oxygens (including phenoxy) is 1. The Morgan fingerprint density at radius 3 is 2.19 bits per heavy atom. The molecule has 0 aliphatic rings. The third kappa shape index (κ3) is 6.42. The van der Waals surface area contributed by atoms with E-state index >= 15 is 0 Å². The van der Waals surface area contributed by atoms with E-state index in [0.29, 0.717) is 0 Å². The summed E-state index contributed by atoms with van der Waals surface area (Å²) in [7, 11) is 0. The average Bonchev–Trinajstić information content (AvgIpc) is 2.24. The first-order valence-electron chi connectivity index (χ1n) is 7.32. The molecule has 1 atom stereocenters. The highest BCUT2D eigenvalue weighted by molar-refractivity contribution is 5.35. The molecule has 120 valence electrons. The summed E-state index contributed by atoms with van der Waals surface area (Å²) in [5, 5.41) is 3.52. The summed E-state index contributed by atoms with van der Waals surface area (Å²) in [6.07, 6.45) is 0.974. The molecular formula is C17H27F2NO. The van der Waals surface area contributed by atoms with Crippen LogP contribution in [0.25, 0.3) is 0 Å². The Hall–Kier alpha value is -1.16. The highest BCUT2D eigenvalue weighted by Crippen LogP contribution is 2.31. The second-order valence-corrected chi connectivity index (χ2v) is 7.40. The minimum absolute atomic E-state index is 0.0719. The van der Waals surface area contributed by atoms with Crippen molar-refractivity contribution < 1.29 is 13.5 Å². The van der Waals surface area contributed by atoms with Crippen LogP contribution in [0.15, 0.2) is 24.3 Å². The number of alkyl halides is 2. The molecule has 1 rings (SSSR count). The topological polar surface area (TPSA) is 21.3 Å². The molecule has 0 amide bonds. The lowest BCUT2D eigenvalue weighted by atomic mass is 9.81. The van der Waals surface area contributed by atoms with Crippen LogP contribution in [0.1, 0.15) is 59.6 Å². The van der Waals surface area contributed by atoms with Gasteiger partial charge in [0.05, 0.1) is 0 Å². The summed E-state index contributed by atoms with van der Waals surface area (Å²) >= 11 is 0. The van der Waals surface area contributed by atoms with Gasteiger partial charge in [0, 0.05) is 17.1 Å². The number of rotatable bonds is 6. The minimum atomic E-state index is -2.80. The summed E-state index contributed by atoms with van der Waals surface area (Å²) in [5.41, 5.74) is 0.838. The Morgan fingerprint density at radius 1 is 1.10 bits per heavy atom. The standard InChI is InChI=1S/C17H27F2NO/c1-12(20-17(5,6)11-16(2,3)4)13-9-7-8-10-14(13)21-15(18)19/h7-10,12,15,20H,11H2,1-6H3. The fraction of sp³-hybridized carbons (Fsp3) is 0.647. The molecule has 0 heterocycles. The van der Waals surface area contributed by atoms with E-state index < -0.39 is 6.61 Å². The van der Waals surface area contributed by atoms with Crippen molar-refractivity contribution in [2.45, 2.75) is 66.2 Å². The van der Waals surface area contributed by atoms with Crippen molar-refractivity contribution in [2.75, 3.05) is 0 Å². The van der Waals surface area contributed by atoms with Gasteiger partial charge in [0.25, 0.3) is 0 Å². The van der Waals surface area contributed by atoms with Crippen LogP contribution in [-0.2, 0) is 0 Å². The highest BCUT2D eigenvalue weighted by atomic mass is 19.3. The Morgan fingerprint density at radius 2 is 1.67 bits per heavy atom. The second-order valence-electron chi connectivity index (χ2n) is 7.40. The zero-order valence-corrected chi connectivity index (χ0v) is 13.8. The summed E-state index contributed by atoms with van der Waals surface area (Å²) in [5.74, 6) is 0.235. The van der Waals surface area contributed by atoms with Crippen LogP contribution in [0, 0.1) is 5.41 Å². The molecule has 1 N–H and O–H groups in total. The van der Waals surface area contributed by atoms with E-state index in [4.69, 9.17) is 0 Å². The van der Waals surface area contributed by atoms with E-state index in [1.165, 1.54) is 0 Å². The molecule has 0 saturated carbocycles. The molecule has 1 aromatic rings. The lowest BCUT2D eigenvalue weighted by Crippen LogP contribution is -2.43. The van der Waals surface area contributed by atoms with E-state index in [9.17, 15) is 8.78 Å². The van der Waals surface area contributed by atoms with Crippen molar-refractivity contribution in [1.29, 1.82) is 0 Å². The molecule has 0 fully saturated rings. The molecule has 0 aliphatic heterocycles. The van der Waals surface area contributed by atoms with Gasteiger partial charge in [-0.25, -0.2) is 0 Å². The van der Waals surface area contributed by atoms with Crippen LogP contribution in [-0.4, -0.2) is 12.2 Å². The van der Waals surface area contributed by atoms with Gasteiger partial charge in [-0.1, -0.05) is 39.0 Å². The maximum atomic E-state index is 12.5. The number of nitrogens with one attached hydrogen (secondary N) is 1. The first-order chi connectivity index (χ1) is 9.50. The summed E-state index contributed by atoms with van der Waals surface area (Å²) in [6.45, 7) is 9.99. The highest BCUT2D eigenvalue weighted by Gasteiger charge is 2.27. The summed E-state index contributed by atoms with van der Waals surface area (Å²) in [4.78, 5) is 0. The van der Waals surface area contributed by atoms with Crippen molar-refractivity contribution in [1.82, 2.24) is 5.32 Å². The SMILES string of the molecule is CC(NC(C)(C)CC(C)(C)C)c1ccccc1OC(F)F. The number of hydrogen-bond acceptors (Lipinski definition) is 2. The minimum Gasteiger partial charge on any atom is -0.434 e. The lowest BCUT2D eigenvalue weighted by molar-refractivity contribution is -0.0507. The number of hydrogen-bond donors (Lipinski definition) is 1. The lowest BCUT2D eigenvalue weighted by Gasteiger charge is -2.36. The molecule has 0 aliphatic carbocycles. The molecule has 2 nitrogen and oxygen atoms in total. The zero-order chi connectivity index (χ0) is 16.3. The monoisotopic (exact) mass is 299 g/mol. The van der Waals surface area contributed by atoms with Gasteiger partial charge >= 0.3 is 6.61 Å². The van der Waals surface area contributed by atoms with Crippen LogP contribution >= 0.6 is 0 Å². The predicted molar refractivity (Wildman–Crippen MR) is 82.8 cm³/mol. The summed E-state index contributed by atoms with van der Waals surface area (Å²) < 4.78 is 29.6. The molecule has 1 aromatic carbocycles. The van der Waals surface area contributed by atoms with E-state index in [-0.39, 0.29) is 22.7 Å². The zero-order valence-electron chi connectivity index (χ0n) is 13.8. The van der Waals surface area contributed by atoms with Crippen LogP contribution < -0.4 is 10.1 Å². The van der Waals surface area contributed by atoms with Crippen molar-refractivity contribution in [2.24, 2.45) is 5.41 Å². The number of para-hydroxylation sites is 1. The molecule has 0 bridgehead atoms. The molecule has 0 spiro atoms. The van der Waals surface area contributed by atoms with Crippen molar-refractivity contribution in [3.63, 3.8) is 0 Å². The number of halogens is 2. The molecule has 0 saturated heterocycles. The van der Waals surface area contributed by atoms with Gasteiger partial charge in [0.1, 0.15) is 5.75 Å². The molecular weight excluding hydrogens is 272 g/mol. The first kappa shape index (κ1) is 17.9. The van der Waals surface area contributed by atoms with Gasteiger partial charge in [0.15, 0.2) is 0 Å². The largest absolute Gasteiger partial charge is 0.434 e. The molecule has 0 aromatic heterocycles. The van der Waals surface area contributed by atoms with E-state index in [0.717, 1.165) is 12.0 Å². The van der Waals surface area contributed by atoms with Gasteiger partial charge in [-0.3, -0.25) is 0 Å². The Kier molecular flexibility index (Phi) is 5.74. The van der Waals surface area contributed by atoms with E-state index in [1.54, 1.807) is 12.1 Å². The summed E-state index contributed by atoms with van der Waals surface area (Å²) in [6, 6.07) is 6.87. The fourth-order valence-electron chi connectivity index (χ4n) is 3.08. The maximum Gasteiger partial charge on any atom is 0.387 e. The molecule has 1 unspecified atom stereocenters. The Balaban J connectivity index is 2.86. The normalized spacial score (nSPS) is 14.3. The molecule has 4 heteroatoms. The third-order valence-corrected chi connectivity index (χ3v) is 3.18. The maximum absolute atomic E-state index is 12.5. The number of benzene rings is 1. The van der Waals surface area contributed by atoms with Crippen molar-refractivity contribution in [3.8, 4) is 5.75 Å². The van der Waals surface area contributed by atoms with Crippen LogP contribution in [0.3, 0.4) is 0 Å². The molecule has 21 heavy (non-hydrogen) atoms. The Labute approximate surface area is 126 Å². The van der Waals surface area contributed by atoms with Gasteiger partial charge in [0.2, 0.25) is 0 Å². The van der Waals surface area contributed by atoms with Gasteiger partial charge in [-0.15, -0.1) is 0 Å².